The Morgan fingerprint density at radius 2 is 2.07 bits per heavy atom. The van der Waals surface area contributed by atoms with E-state index in [0.29, 0.717) is 5.92 Å². The number of hydrogen-bond acceptors (Lipinski definition) is 1. The third kappa shape index (κ3) is 2.65. The average molecular weight is 213 g/mol. The lowest BCUT2D eigenvalue weighted by molar-refractivity contribution is 0.234. The molecular formula is C12H17ClO. The standard InChI is InChI=1S/C10H11ClO.C2H6/c1-7-4-8-2-3-9(11)5-10(8)12-6-7;1-2/h2-3,5,7H,4,6H2,1H3;1-2H3. The fourth-order valence-electron chi connectivity index (χ4n) is 1.50. The van der Waals surface area contributed by atoms with Crippen molar-refractivity contribution in [1.29, 1.82) is 0 Å². The zero-order valence-corrected chi connectivity index (χ0v) is 9.77. The van der Waals surface area contributed by atoms with Gasteiger partial charge >= 0.3 is 0 Å². The second kappa shape index (κ2) is 5.26. The SMILES string of the molecule is CC.CC1COc2cc(Cl)ccc2C1. The lowest BCUT2D eigenvalue weighted by atomic mass is 9.99. The van der Waals surface area contributed by atoms with E-state index in [1.807, 2.05) is 32.0 Å². The van der Waals surface area contributed by atoms with Crippen LogP contribution in [0.5, 0.6) is 5.75 Å². The van der Waals surface area contributed by atoms with Crippen LogP contribution in [0.2, 0.25) is 5.02 Å². The van der Waals surface area contributed by atoms with Crippen molar-refractivity contribution >= 4 is 11.6 Å². The van der Waals surface area contributed by atoms with E-state index in [1.165, 1.54) is 5.56 Å². The molecule has 0 aromatic heterocycles. The van der Waals surface area contributed by atoms with E-state index >= 15 is 0 Å². The zero-order chi connectivity index (χ0) is 10.6. The molecule has 0 fully saturated rings. The normalized spacial score (nSPS) is 18.7. The van der Waals surface area contributed by atoms with Crippen molar-refractivity contribution in [2.45, 2.75) is 27.2 Å². The van der Waals surface area contributed by atoms with Crippen LogP contribution >= 0.6 is 11.6 Å². The second-order valence-electron chi connectivity index (χ2n) is 3.37. The quantitative estimate of drug-likeness (QED) is 0.633. The highest BCUT2D eigenvalue weighted by molar-refractivity contribution is 6.30. The summed E-state index contributed by atoms with van der Waals surface area (Å²) in [6.45, 7) is 7.00. The third-order valence-corrected chi connectivity index (χ3v) is 2.36. The molecule has 2 rings (SSSR count). The van der Waals surface area contributed by atoms with E-state index < -0.39 is 0 Å². The zero-order valence-electron chi connectivity index (χ0n) is 9.01. The Balaban J connectivity index is 0.000000461. The first-order valence-electron chi connectivity index (χ1n) is 5.17. The summed E-state index contributed by atoms with van der Waals surface area (Å²) in [7, 11) is 0. The van der Waals surface area contributed by atoms with Crippen LogP contribution in [0.15, 0.2) is 18.2 Å². The molecule has 0 spiro atoms. The molecule has 1 aromatic rings. The molecule has 0 saturated carbocycles. The van der Waals surface area contributed by atoms with Crippen LogP contribution in [-0.4, -0.2) is 6.61 Å². The van der Waals surface area contributed by atoms with Gasteiger partial charge in [-0.25, -0.2) is 0 Å². The van der Waals surface area contributed by atoms with Gasteiger partial charge in [0.05, 0.1) is 6.61 Å². The highest BCUT2D eigenvalue weighted by atomic mass is 35.5. The molecule has 0 radical (unpaired) electrons. The van der Waals surface area contributed by atoms with E-state index in [-0.39, 0.29) is 0 Å². The van der Waals surface area contributed by atoms with E-state index in [1.54, 1.807) is 0 Å². The van der Waals surface area contributed by atoms with Gasteiger partial charge in [0.15, 0.2) is 0 Å². The Kier molecular flexibility index (Phi) is 4.27. The van der Waals surface area contributed by atoms with Crippen molar-refractivity contribution in [3.8, 4) is 5.75 Å². The smallest absolute Gasteiger partial charge is 0.123 e. The van der Waals surface area contributed by atoms with Gasteiger partial charge in [0.1, 0.15) is 5.75 Å². The first kappa shape index (κ1) is 11.4. The summed E-state index contributed by atoms with van der Waals surface area (Å²) in [6, 6.07) is 5.86. The largest absolute Gasteiger partial charge is 0.493 e. The highest BCUT2D eigenvalue weighted by Crippen LogP contribution is 2.29. The molecule has 0 bridgehead atoms. The van der Waals surface area contributed by atoms with E-state index in [2.05, 4.69) is 6.92 Å². The predicted molar refractivity (Wildman–Crippen MR) is 61.2 cm³/mol. The minimum atomic E-state index is 0.624. The van der Waals surface area contributed by atoms with E-state index in [0.717, 1.165) is 23.8 Å². The first-order valence-corrected chi connectivity index (χ1v) is 5.55. The maximum Gasteiger partial charge on any atom is 0.123 e. The monoisotopic (exact) mass is 212 g/mol. The lowest BCUT2D eigenvalue weighted by Crippen LogP contribution is -2.17. The molecule has 1 aromatic carbocycles. The molecule has 14 heavy (non-hydrogen) atoms. The molecular weight excluding hydrogens is 196 g/mol. The van der Waals surface area contributed by atoms with Crippen LogP contribution in [0.25, 0.3) is 0 Å². The maximum atomic E-state index is 5.83. The Morgan fingerprint density at radius 1 is 1.36 bits per heavy atom. The van der Waals surface area contributed by atoms with Gasteiger partial charge in [-0.3, -0.25) is 0 Å². The van der Waals surface area contributed by atoms with Crippen LogP contribution in [0.3, 0.4) is 0 Å². The minimum Gasteiger partial charge on any atom is -0.493 e. The van der Waals surface area contributed by atoms with Gasteiger partial charge in [0.2, 0.25) is 0 Å². The van der Waals surface area contributed by atoms with E-state index in [9.17, 15) is 0 Å². The summed E-state index contributed by atoms with van der Waals surface area (Å²) in [5.41, 5.74) is 1.28. The van der Waals surface area contributed by atoms with Crippen LogP contribution in [0.4, 0.5) is 0 Å². The summed E-state index contributed by atoms with van der Waals surface area (Å²) >= 11 is 5.83. The molecule has 1 unspecified atom stereocenters. The van der Waals surface area contributed by atoms with Crippen molar-refractivity contribution in [3.63, 3.8) is 0 Å². The van der Waals surface area contributed by atoms with Gasteiger partial charge in [0, 0.05) is 5.02 Å². The summed E-state index contributed by atoms with van der Waals surface area (Å²) < 4.78 is 5.53. The third-order valence-electron chi connectivity index (χ3n) is 2.12. The number of fused-ring (bicyclic) bond motifs is 1. The van der Waals surface area contributed by atoms with Gasteiger partial charge < -0.3 is 4.74 Å². The van der Waals surface area contributed by atoms with Crippen molar-refractivity contribution in [3.05, 3.63) is 28.8 Å². The Morgan fingerprint density at radius 3 is 2.79 bits per heavy atom. The molecule has 0 amide bonds. The molecule has 1 heterocycles. The predicted octanol–water partition coefficient (Wildman–Crippen LogP) is 3.94. The Hall–Kier alpha value is -0.690. The molecule has 1 atom stereocenters. The molecule has 2 heteroatoms. The van der Waals surface area contributed by atoms with Crippen LogP contribution in [0.1, 0.15) is 26.3 Å². The van der Waals surface area contributed by atoms with Gasteiger partial charge in [-0.05, 0) is 30.0 Å². The van der Waals surface area contributed by atoms with Crippen molar-refractivity contribution in [2.75, 3.05) is 6.61 Å². The fraction of sp³-hybridized carbons (Fsp3) is 0.500. The van der Waals surface area contributed by atoms with Crippen molar-refractivity contribution in [2.24, 2.45) is 5.92 Å². The Bertz CT molecular complexity index is 296. The molecule has 1 nitrogen and oxygen atoms in total. The Labute approximate surface area is 91.0 Å². The number of rotatable bonds is 0. The lowest BCUT2D eigenvalue weighted by Gasteiger charge is -2.22. The number of halogens is 1. The van der Waals surface area contributed by atoms with Gasteiger partial charge in [-0.2, -0.15) is 0 Å². The second-order valence-corrected chi connectivity index (χ2v) is 3.81. The average Bonchev–Trinajstić information content (AvgIpc) is 2.21. The van der Waals surface area contributed by atoms with Gasteiger partial charge in [0.25, 0.3) is 0 Å². The fourth-order valence-corrected chi connectivity index (χ4v) is 1.66. The van der Waals surface area contributed by atoms with Crippen molar-refractivity contribution < 1.29 is 4.74 Å². The molecule has 1 aliphatic heterocycles. The van der Waals surface area contributed by atoms with Crippen LogP contribution in [-0.2, 0) is 6.42 Å². The topological polar surface area (TPSA) is 9.23 Å². The van der Waals surface area contributed by atoms with E-state index in [4.69, 9.17) is 16.3 Å². The summed E-state index contributed by atoms with van der Waals surface area (Å²) in [6.07, 6.45) is 1.10. The molecule has 0 N–H and O–H groups in total. The maximum absolute atomic E-state index is 5.83. The molecule has 1 aliphatic rings. The molecule has 0 aliphatic carbocycles. The summed E-state index contributed by atoms with van der Waals surface area (Å²) in [5.74, 6) is 1.58. The summed E-state index contributed by atoms with van der Waals surface area (Å²) in [4.78, 5) is 0. The number of ether oxygens (including phenoxy) is 1. The minimum absolute atomic E-state index is 0.624. The molecule has 78 valence electrons. The molecule has 0 saturated heterocycles. The number of benzene rings is 1. The van der Waals surface area contributed by atoms with Gasteiger partial charge in [-0.15, -0.1) is 0 Å². The van der Waals surface area contributed by atoms with Crippen LogP contribution in [0, 0.1) is 5.92 Å². The van der Waals surface area contributed by atoms with Crippen molar-refractivity contribution in [1.82, 2.24) is 0 Å². The van der Waals surface area contributed by atoms with Crippen LogP contribution < -0.4 is 4.74 Å². The first-order chi connectivity index (χ1) is 6.75. The number of hydrogen-bond donors (Lipinski definition) is 0. The van der Waals surface area contributed by atoms with Gasteiger partial charge in [-0.1, -0.05) is 38.4 Å². The highest BCUT2D eigenvalue weighted by Gasteiger charge is 2.15. The summed E-state index contributed by atoms with van der Waals surface area (Å²) in [5, 5.41) is 0.753.